The van der Waals surface area contributed by atoms with E-state index in [-0.39, 0.29) is 5.91 Å². The lowest BCUT2D eigenvalue weighted by atomic mass is 10.1. The van der Waals surface area contributed by atoms with E-state index in [2.05, 4.69) is 15.5 Å². The van der Waals surface area contributed by atoms with Crippen LogP contribution in [0.5, 0.6) is 5.75 Å². The first-order valence-electron chi connectivity index (χ1n) is 8.06. The summed E-state index contributed by atoms with van der Waals surface area (Å²) in [6.07, 6.45) is 1.63. The Hall–Kier alpha value is -2.05. The number of halogens is 1. The van der Waals surface area contributed by atoms with Crippen LogP contribution in [0, 0.1) is 0 Å². The van der Waals surface area contributed by atoms with Gasteiger partial charge in [-0.2, -0.15) is 5.10 Å². The molecular weight excluding hydrogens is 328 g/mol. The Morgan fingerprint density at radius 2 is 2.17 bits per heavy atom. The molecule has 0 atom stereocenters. The quantitative estimate of drug-likeness (QED) is 0.785. The molecule has 0 saturated carbocycles. The van der Waals surface area contributed by atoms with Crippen LogP contribution in [-0.4, -0.2) is 47.7 Å². The van der Waals surface area contributed by atoms with Gasteiger partial charge in [0.15, 0.2) is 5.69 Å². The van der Waals surface area contributed by atoms with E-state index in [0.717, 1.165) is 36.4 Å². The predicted molar refractivity (Wildman–Crippen MR) is 92.5 cm³/mol. The van der Waals surface area contributed by atoms with Crippen LogP contribution in [0.25, 0.3) is 0 Å². The van der Waals surface area contributed by atoms with Crippen molar-refractivity contribution in [1.29, 1.82) is 0 Å². The third-order valence-electron chi connectivity index (χ3n) is 4.08. The first kappa shape index (κ1) is 16.8. The Morgan fingerprint density at radius 3 is 2.96 bits per heavy atom. The number of ether oxygens (including phenoxy) is 1. The number of nitrogens with zero attached hydrogens (tertiary/aromatic N) is 2. The molecule has 7 heteroatoms. The fourth-order valence-electron chi connectivity index (χ4n) is 2.71. The van der Waals surface area contributed by atoms with Crippen molar-refractivity contribution in [2.45, 2.75) is 19.4 Å². The van der Waals surface area contributed by atoms with Crippen molar-refractivity contribution in [2.24, 2.45) is 0 Å². The first-order valence-corrected chi connectivity index (χ1v) is 8.43. The number of aromatic nitrogens is 2. The van der Waals surface area contributed by atoms with Gasteiger partial charge >= 0.3 is 0 Å². The van der Waals surface area contributed by atoms with Crippen molar-refractivity contribution in [1.82, 2.24) is 20.4 Å². The van der Waals surface area contributed by atoms with Crippen molar-refractivity contribution in [3.05, 3.63) is 46.2 Å². The van der Waals surface area contributed by atoms with Crippen molar-refractivity contribution < 1.29 is 9.53 Å². The van der Waals surface area contributed by atoms with Gasteiger partial charge in [-0.25, -0.2) is 0 Å². The fraction of sp³-hybridized carbons (Fsp3) is 0.412. The highest BCUT2D eigenvalue weighted by molar-refractivity contribution is 6.30. The van der Waals surface area contributed by atoms with Crippen molar-refractivity contribution in [3.63, 3.8) is 0 Å². The summed E-state index contributed by atoms with van der Waals surface area (Å²) >= 11 is 5.84. The number of nitrogens with one attached hydrogen (secondary N) is 2. The standard InChI is InChI=1S/C17H21ClN4O2/c1-22(9-2-10-24-13-5-3-12(18)4-6-13)17(23)16-14-11-19-8-7-15(14)20-21-16/h3-6,19H,2,7-11H2,1H3,(H,20,21). The van der Waals surface area contributed by atoms with Crippen LogP contribution in [0.3, 0.4) is 0 Å². The van der Waals surface area contributed by atoms with E-state index in [1.807, 2.05) is 12.1 Å². The summed E-state index contributed by atoms with van der Waals surface area (Å²) in [5.74, 6) is 0.725. The van der Waals surface area contributed by atoms with Gasteiger partial charge in [0.25, 0.3) is 5.91 Å². The van der Waals surface area contributed by atoms with Gasteiger partial charge in [-0.3, -0.25) is 9.89 Å². The van der Waals surface area contributed by atoms with E-state index in [1.54, 1.807) is 24.1 Å². The SMILES string of the molecule is CN(CCCOc1ccc(Cl)cc1)C(=O)c1n[nH]c2c1CNCC2. The van der Waals surface area contributed by atoms with Crippen LogP contribution in [0.15, 0.2) is 24.3 Å². The largest absolute Gasteiger partial charge is 0.494 e. The molecule has 1 aromatic carbocycles. The highest BCUT2D eigenvalue weighted by atomic mass is 35.5. The third kappa shape index (κ3) is 3.88. The van der Waals surface area contributed by atoms with Crippen molar-refractivity contribution in [2.75, 3.05) is 26.7 Å². The van der Waals surface area contributed by atoms with Crippen LogP contribution in [-0.2, 0) is 13.0 Å². The molecule has 1 aliphatic rings. The van der Waals surface area contributed by atoms with E-state index in [9.17, 15) is 4.79 Å². The van der Waals surface area contributed by atoms with Gasteiger partial charge in [0.1, 0.15) is 5.75 Å². The van der Waals surface area contributed by atoms with Gasteiger partial charge in [-0.15, -0.1) is 0 Å². The number of carbonyl (C=O) groups excluding carboxylic acids is 1. The number of rotatable bonds is 6. The molecule has 3 rings (SSSR count). The minimum absolute atomic E-state index is 0.0531. The van der Waals surface area contributed by atoms with E-state index in [4.69, 9.17) is 16.3 Å². The minimum atomic E-state index is -0.0531. The number of H-pyrrole nitrogens is 1. The molecular formula is C17H21ClN4O2. The average molecular weight is 349 g/mol. The Bertz CT molecular complexity index is 699. The Morgan fingerprint density at radius 1 is 1.38 bits per heavy atom. The zero-order valence-corrected chi connectivity index (χ0v) is 14.4. The number of hydrogen-bond acceptors (Lipinski definition) is 4. The van der Waals surface area contributed by atoms with Gasteiger partial charge in [-0.1, -0.05) is 11.6 Å². The van der Waals surface area contributed by atoms with E-state index >= 15 is 0 Å². The lowest BCUT2D eigenvalue weighted by Crippen LogP contribution is -2.31. The second-order valence-corrected chi connectivity index (χ2v) is 6.28. The van der Waals surface area contributed by atoms with Crippen LogP contribution in [0.4, 0.5) is 0 Å². The smallest absolute Gasteiger partial charge is 0.274 e. The molecule has 1 aliphatic heterocycles. The van der Waals surface area contributed by atoms with Gasteiger partial charge < -0.3 is 15.0 Å². The molecule has 0 fully saturated rings. The second-order valence-electron chi connectivity index (χ2n) is 5.84. The normalized spacial score (nSPS) is 13.4. The van der Waals surface area contributed by atoms with Gasteiger partial charge in [-0.05, 0) is 30.7 Å². The predicted octanol–water partition coefficient (Wildman–Crippen LogP) is 2.25. The molecule has 0 aliphatic carbocycles. The summed E-state index contributed by atoms with van der Waals surface area (Å²) in [5, 5.41) is 11.1. The first-order chi connectivity index (χ1) is 11.6. The molecule has 24 heavy (non-hydrogen) atoms. The molecule has 2 heterocycles. The van der Waals surface area contributed by atoms with Crippen LogP contribution in [0.2, 0.25) is 5.02 Å². The molecule has 0 radical (unpaired) electrons. The molecule has 2 N–H and O–H groups in total. The minimum Gasteiger partial charge on any atom is -0.494 e. The molecule has 0 bridgehead atoms. The van der Waals surface area contributed by atoms with Crippen molar-refractivity contribution in [3.8, 4) is 5.75 Å². The highest BCUT2D eigenvalue weighted by Crippen LogP contribution is 2.17. The molecule has 1 amide bonds. The van der Waals surface area contributed by atoms with Crippen LogP contribution in [0.1, 0.15) is 28.2 Å². The third-order valence-corrected chi connectivity index (χ3v) is 4.33. The number of fused-ring (bicyclic) bond motifs is 1. The molecule has 1 aromatic heterocycles. The topological polar surface area (TPSA) is 70.2 Å². The van der Waals surface area contributed by atoms with Gasteiger partial charge in [0.05, 0.1) is 6.61 Å². The lowest BCUT2D eigenvalue weighted by Gasteiger charge is -2.18. The van der Waals surface area contributed by atoms with Crippen LogP contribution < -0.4 is 10.1 Å². The number of hydrogen-bond donors (Lipinski definition) is 2. The zero-order valence-electron chi connectivity index (χ0n) is 13.6. The Kier molecular flexibility index (Phi) is 5.37. The number of benzene rings is 1. The fourth-order valence-corrected chi connectivity index (χ4v) is 2.83. The summed E-state index contributed by atoms with van der Waals surface area (Å²) in [6.45, 7) is 2.77. The Labute approximate surface area is 146 Å². The summed E-state index contributed by atoms with van der Waals surface area (Å²) < 4.78 is 5.64. The molecule has 0 spiro atoms. The van der Waals surface area contributed by atoms with Crippen LogP contribution >= 0.6 is 11.6 Å². The van der Waals surface area contributed by atoms with Crippen molar-refractivity contribution >= 4 is 17.5 Å². The molecule has 0 saturated heterocycles. The van der Waals surface area contributed by atoms with E-state index in [0.29, 0.717) is 30.4 Å². The average Bonchev–Trinajstić information content (AvgIpc) is 3.03. The zero-order chi connectivity index (χ0) is 16.9. The maximum absolute atomic E-state index is 12.5. The summed E-state index contributed by atoms with van der Waals surface area (Å²) in [6, 6.07) is 7.25. The number of carbonyl (C=O) groups is 1. The molecule has 6 nitrogen and oxygen atoms in total. The van der Waals surface area contributed by atoms with Gasteiger partial charge in [0.2, 0.25) is 0 Å². The summed E-state index contributed by atoms with van der Waals surface area (Å²) in [5.41, 5.74) is 2.59. The number of amides is 1. The van der Waals surface area contributed by atoms with Gasteiger partial charge in [0, 0.05) is 49.4 Å². The number of aromatic amines is 1. The lowest BCUT2D eigenvalue weighted by molar-refractivity contribution is 0.0780. The highest BCUT2D eigenvalue weighted by Gasteiger charge is 2.23. The molecule has 128 valence electrons. The maximum Gasteiger partial charge on any atom is 0.274 e. The van der Waals surface area contributed by atoms with E-state index in [1.165, 1.54) is 0 Å². The molecule has 2 aromatic rings. The summed E-state index contributed by atoms with van der Waals surface area (Å²) in [7, 11) is 1.79. The summed E-state index contributed by atoms with van der Waals surface area (Å²) in [4.78, 5) is 14.2. The van der Waals surface area contributed by atoms with E-state index < -0.39 is 0 Å². The molecule has 0 unspecified atom stereocenters. The monoisotopic (exact) mass is 348 g/mol. The Balaban J connectivity index is 1.48. The second kappa shape index (κ2) is 7.68. The maximum atomic E-state index is 12.5.